The fourth-order valence-corrected chi connectivity index (χ4v) is 2.17. The van der Waals surface area contributed by atoms with Crippen LogP contribution >= 0.6 is 0 Å². The van der Waals surface area contributed by atoms with Crippen LogP contribution in [0, 0.1) is 6.92 Å². The Morgan fingerprint density at radius 1 is 0.960 bits per heavy atom. The van der Waals surface area contributed by atoms with Crippen LogP contribution < -0.4 is 15.6 Å². The molecule has 0 aromatic heterocycles. The first-order chi connectivity index (χ1) is 12.1. The standard InChI is InChI=1S/C19H22N2O4/c1-3-24-11-12-25-17-10-5-4-9-16(17)19(23)21-20-18(22)15-8-6-7-14(2)13-15/h4-10,13H,3,11-12H2,1-2H3,(H,20,22)(H,21,23). The molecule has 0 saturated heterocycles. The van der Waals surface area contributed by atoms with Gasteiger partial charge in [0.05, 0.1) is 12.2 Å². The number of hydrazine groups is 1. The number of benzene rings is 2. The molecule has 2 aromatic rings. The molecule has 25 heavy (non-hydrogen) atoms. The van der Waals surface area contributed by atoms with Gasteiger partial charge in [-0.1, -0.05) is 29.8 Å². The Morgan fingerprint density at radius 2 is 1.72 bits per heavy atom. The van der Waals surface area contributed by atoms with Crippen molar-refractivity contribution in [2.45, 2.75) is 13.8 Å². The Morgan fingerprint density at radius 3 is 2.48 bits per heavy atom. The topological polar surface area (TPSA) is 76.7 Å². The number of hydrogen-bond donors (Lipinski definition) is 2. The molecule has 0 radical (unpaired) electrons. The lowest BCUT2D eigenvalue weighted by atomic mass is 10.1. The zero-order valence-electron chi connectivity index (χ0n) is 14.4. The maximum Gasteiger partial charge on any atom is 0.273 e. The number of nitrogens with one attached hydrogen (secondary N) is 2. The highest BCUT2D eigenvalue weighted by Crippen LogP contribution is 2.17. The van der Waals surface area contributed by atoms with Crippen LogP contribution in [0.3, 0.4) is 0 Å². The van der Waals surface area contributed by atoms with Crippen LogP contribution in [0.4, 0.5) is 0 Å². The van der Waals surface area contributed by atoms with Crippen LogP contribution in [-0.2, 0) is 4.74 Å². The third-order valence-corrected chi connectivity index (χ3v) is 3.39. The summed E-state index contributed by atoms with van der Waals surface area (Å²) in [4.78, 5) is 24.4. The monoisotopic (exact) mass is 342 g/mol. The zero-order valence-corrected chi connectivity index (χ0v) is 14.4. The number of rotatable bonds is 7. The van der Waals surface area contributed by atoms with Gasteiger partial charge in [-0.05, 0) is 38.1 Å². The van der Waals surface area contributed by atoms with Crippen LogP contribution in [0.2, 0.25) is 0 Å². The fraction of sp³-hybridized carbons (Fsp3) is 0.263. The van der Waals surface area contributed by atoms with E-state index in [4.69, 9.17) is 9.47 Å². The van der Waals surface area contributed by atoms with Crippen molar-refractivity contribution in [3.05, 3.63) is 65.2 Å². The minimum absolute atomic E-state index is 0.337. The first-order valence-corrected chi connectivity index (χ1v) is 8.08. The third kappa shape index (κ3) is 5.61. The molecule has 0 aliphatic rings. The summed E-state index contributed by atoms with van der Waals surface area (Å²) >= 11 is 0. The molecule has 0 bridgehead atoms. The van der Waals surface area contributed by atoms with E-state index in [-0.39, 0.29) is 5.91 Å². The molecule has 0 unspecified atom stereocenters. The van der Waals surface area contributed by atoms with Crippen LogP contribution in [-0.4, -0.2) is 31.6 Å². The van der Waals surface area contributed by atoms with E-state index in [1.807, 2.05) is 19.9 Å². The Hall–Kier alpha value is -2.86. The van der Waals surface area contributed by atoms with Gasteiger partial charge in [-0.15, -0.1) is 0 Å². The van der Waals surface area contributed by atoms with E-state index in [0.717, 1.165) is 5.56 Å². The van der Waals surface area contributed by atoms with Gasteiger partial charge in [-0.3, -0.25) is 20.4 Å². The molecule has 6 nitrogen and oxygen atoms in total. The molecule has 2 aromatic carbocycles. The second-order valence-electron chi connectivity index (χ2n) is 5.32. The average Bonchev–Trinajstić information content (AvgIpc) is 2.63. The summed E-state index contributed by atoms with van der Waals surface area (Å²) in [6.07, 6.45) is 0. The van der Waals surface area contributed by atoms with Crippen molar-refractivity contribution in [3.8, 4) is 5.75 Å². The molecule has 0 aliphatic carbocycles. The van der Waals surface area contributed by atoms with Gasteiger partial charge < -0.3 is 9.47 Å². The highest BCUT2D eigenvalue weighted by Gasteiger charge is 2.13. The van der Waals surface area contributed by atoms with E-state index in [1.165, 1.54) is 0 Å². The van der Waals surface area contributed by atoms with Crippen molar-refractivity contribution in [2.24, 2.45) is 0 Å². The molecule has 6 heteroatoms. The van der Waals surface area contributed by atoms with Gasteiger partial charge in [0.25, 0.3) is 11.8 Å². The number of ether oxygens (including phenoxy) is 2. The maximum atomic E-state index is 12.3. The van der Waals surface area contributed by atoms with Crippen LogP contribution in [0.5, 0.6) is 5.75 Å². The smallest absolute Gasteiger partial charge is 0.273 e. The predicted molar refractivity (Wildman–Crippen MR) is 94.5 cm³/mol. The van der Waals surface area contributed by atoms with E-state index in [2.05, 4.69) is 10.9 Å². The molecule has 132 valence electrons. The summed E-state index contributed by atoms with van der Waals surface area (Å²) in [5.74, 6) is -0.399. The summed E-state index contributed by atoms with van der Waals surface area (Å²) in [5.41, 5.74) is 6.59. The van der Waals surface area contributed by atoms with Gasteiger partial charge in [0.15, 0.2) is 0 Å². The average molecular weight is 342 g/mol. The number of amides is 2. The second kappa shape index (κ2) is 9.44. The maximum absolute atomic E-state index is 12.3. The van der Waals surface area contributed by atoms with E-state index in [9.17, 15) is 9.59 Å². The van der Waals surface area contributed by atoms with Crippen molar-refractivity contribution in [2.75, 3.05) is 19.8 Å². The molecule has 0 fully saturated rings. The highest BCUT2D eigenvalue weighted by atomic mass is 16.5. The first kappa shape index (κ1) is 18.5. The SMILES string of the molecule is CCOCCOc1ccccc1C(=O)NNC(=O)c1cccc(C)c1. The zero-order chi connectivity index (χ0) is 18.1. The number of carbonyl (C=O) groups is 2. The molecule has 2 N–H and O–H groups in total. The summed E-state index contributed by atoms with van der Waals surface area (Å²) in [7, 11) is 0. The summed E-state index contributed by atoms with van der Waals surface area (Å²) in [5, 5.41) is 0. The van der Waals surface area contributed by atoms with Gasteiger partial charge >= 0.3 is 0 Å². The number of aryl methyl sites for hydroxylation is 1. The van der Waals surface area contributed by atoms with Gasteiger partial charge in [0, 0.05) is 12.2 Å². The normalized spacial score (nSPS) is 10.2. The fourth-order valence-electron chi connectivity index (χ4n) is 2.17. The van der Waals surface area contributed by atoms with E-state index in [1.54, 1.807) is 42.5 Å². The van der Waals surface area contributed by atoms with Crippen molar-refractivity contribution in [3.63, 3.8) is 0 Å². The van der Waals surface area contributed by atoms with E-state index in [0.29, 0.717) is 36.7 Å². The van der Waals surface area contributed by atoms with Crippen molar-refractivity contribution in [1.82, 2.24) is 10.9 Å². The Kier molecular flexibility index (Phi) is 6.98. The van der Waals surface area contributed by atoms with E-state index >= 15 is 0 Å². The van der Waals surface area contributed by atoms with Gasteiger partial charge in [-0.2, -0.15) is 0 Å². The minimum Gasteiger partial charge on any atom is -0.490 e. The van der Waals surface area contributed by atoms with Crippen molar-refractivity contribution >= 4 is 11.8 Å². The second-order valence-corrected chi connectivity index (χ2v) is 5.32. The lowest BCUT2D eigenvalue weighted by Gasteiger charge is -2.12. The Bertz CT molecular complexity index is 731. The third-order valence-electron chi connectivity index (χ3n) is 3.39. The largest absolute Gasteiger partial charge is 0.490 e. The molecular formula is C19H22N2O4. The quantitative estimate of drug-likeness (QED) is 0.599. The van der Waals surface area contributed by atoms with Crippen LogP contribution in [0.1, 0.15) is 33.2 Å². The lowest BCUT2D eigenvalue weighted by molar-refractivity contribution is 0.0840. The van der Waals surface area contributed by atoms with Crippen LogP contribution in [0.25, 0.3) is 0 Å². The molecule has 0 atom stereocenters. The molecule has 0 heterocycles. The number of hydrogen-bond acceptors (Lipinski definition) is 4. The van der Waals surface area contributed by atoms with Gasteiger partial charge in [-0.25, -0.2) is 0 Å². The van der Waals surface area contributed by atoms with Crippen LogP contribution in [0.15, 0.2) is 48.5 Å². The molecule has 0 saturated carbocycles. The molecule has 2 rings (SSSR count). The molecule has 0 spiro atoms. The van der Waals surface area contributed by atoms with Gasteiger partial charge in [0.2, 0.25) is 0 Å². The summed E-state index contributed by atoms with van der Waals surface area (Å²) < 4.78 is 10.8. The number of carbonyl (C=O) groups excluding carboxylic acids is 2. The summed E-state index contributed by atoms with van der Waals surface area (Å²) in [6.45, 7) is 5.18. The molecule has 2 amide bonds. The van der Waals surface area contributed by atoms with Crippen molar-refractivity contribution < 1.29 is 19.1 Å². The number of para-hydroxylation sites is 1. The lowest BCUT2D eigenvalue weighted by Crippen LogP contribution is -2.41. The first-order valence-electron chi connectivity index (χ1n) is 8.08. The van der Waals surface area contributed by atoms with Crippen molar-refractivity contribution in [1.29, 1.82) is 0 Å². The predicted octanol–water partition coefficient (Wildman–Crippen LogP) is 2.49. The molecule has 0 aliphatic heterocycles. The highest BCUT2D eigenvalue weighted by molar-refractivity contribution is 6.00. The summed E-state index contributed by atoms with van der Waals surface area (Å²) in [6, 6.07) is 13.9. The Balaban J connectivity index is 1.95. The minimum atomic E-state index is -0.451. The van der Waals surface area contributed by atoms with E-state index < -0.39 is 5.91 Å². The molecular weight excluding hydrogens is 320 g/mol. The Labute approximate surface area is 147 Å². The van der Waals surface area contributed by atoms with Gasteiger partial charge in [0.1, 0.15) is 12.4 Å².